The van der Waals surface area contributed by atoms with E-state index in [0.717, 1.165) is 25.3 Å². The molecular formula is C10H17NO2. The van der Waals surface area contributed by atoms with E-state index in [1.165, 1.54) is 0 Å². The molecule has 0 fully saturated rings. The molecule has 0 radical (unpaired) electrons. The van der Waals surface area contributed by atoms with Crippen LogP contribution in [-0.2, 0) is 13.2 Å². The minimum absolute atomic E-state index is 0.0164. The fraction of sp³-hybridized carbons (Fsp3) is 0.600. The molecule has 0 bridgehead atoms. The van der Waals surface area contributed by atoms with Crippen LogP contribution in [0.5, 0.6) is 0 Å². The molecular weight excluding hydrogens is 166 g/mol. The van der Waals surface area contributed by atoms with Crippen molar-refractivity contribution < 1.29 is 9.52 Å². The van der Waals surface area contributed by atoms with Gasteiger partial charge in [0.25, 0.3) is 0 Å². The summed E-state index contributed by atoms with van der Waals surface area (Å²) in [6.07, 6.45) is 1.14. The average molecular weight is 183 g/mol. The number of rotatable bonds is 5. The molecule has 3 heteroatoms. The molecule has 1 N–H and O–H groups in total. The number of furan rings is 1. The van der Waals surface area contributed by atoms with Gasteiger partial charge < -0.3 is 9.52 Å². The summed E-state index contributed by atoms with van der Waals surface area (Å²) in [5.41, 5.74) is 0. The highest BCUT2D eigenvalue weighted by molar-refractivity contribution is 5.06. The van der Waals surface area contributed by atoms with E-state index >= 15 is 0 Å². The van der Waals surface area contributed by atoms with Gasteiger partial charge in [-0.15, -0.1) is 0 Å². The molecule has 0 aliphatic heterocycles. The Morgan fingerprint density at radius 3 is 2.62 bits per heavy atom. The average Bonchev–Trinajstić information content (AvgIpc) is 2.52. The van der Waals surface area contributed by atoms with Gasteiger partial charge in [-0.3, -0.25) is 4.90 Å². The monoisotopic (exact) mass is 183 g/mol. The molecule has 1 heterocycles. The second kappa shape index (κ2) is 5.04. The zero-order valence-corrected chi connectivity index (χ0v) is 8.29. The summed E-state index contributed by atoms with van der Waals surface area (Å²) in [4.78, 5) is 2.19. The zero-order chi connectivity index (χ0) is 9.68. The predicted octanol–water partition coefficient (Wildman–Crippen LogP) is 1.61. The van der Waals surface area contributed by atoms with Gasteiger partial charge in [0.05, 0.1) is 6.54 Å². The number of aliphatic hydroxyl groups excluding tert-OH is 1. The van der Waals surface area contributed by atoms with Crippen molar-refractivity contribution in [3.05, 3.63) is 23.7 Å². The Morgan fingerprint density at radius 2 is 2.08 bits per heavy atom. The van der Waals surface area contributed by atoms with Crippen LogP contribution in [0, 0.1) is 0 Å². The third kappa shape index (κ3) is 3.20. The highest BCUT2D eigenvalue weighted by atomic mass is 16.4. The van der Waals surface area contributed by atoms with Gasteiger partial charge >= 0.3 is 0 Å². The molecule has 0 unspecified atom stereocenters. The van der Waals surface area contributed by atoms with Crippen LogP contribution in [0.1, 0.15) is 24.9 Å². The van der Waals surface area contributed by atoms with Crippen molar-refractivity contribution in [2.45, 2.75) is 26.5 Å². The van der Waals surface area contributed by atoms with E-state index in [-0.39, 0.29) is 6.61 Å². The third-order valence-corrected chi connectivity index (χ3v) is 1.90. The SMILES string of the molecule is CCCN(C)Cc1ccc(CO)o1. The lowest BCUT2D eigenvalue weighted by Crippen LogP contribution is -2.17. The fourth-order valence-electron chi connectivity index (χ4n) is 1.32. The Labute approximate surface area is 79.0 Å². The maximum absolute atomic E-state index is 8.78. The largest absolute Gasteiger partial charge is 0.462 e. The van der Waals surface area contributed by atoms with Crippen molar-refractivity contribution in [3.8, 4) is 0 Å². The van der Waals surface area contributed by atoms with Crippen molar-refractivity contribution in [1.82, 2.24) is 4.90 Å². The summed E-state index contributed by atoms with van der Waals surface area (Å²) < 4.78 is 5.36. The van der Waals surface area contributed by atoms with Crippen molar-refractivity contribution in [2.75, 3.05) is 13.6 Å². The maximum atomic E-state index is 8.78. The van der Waals surface area contributed by atoms with Gasteiger partial charge in [-0.1, -0.05) is 6.92 Å². The minimum Gasteiger partial charge on any atom is -0.462 e. The molecule has 13 heavy (non-hydrogen) atoms. The van der Waals surface area contributed by atoms with Gasteiger partial charge in [-0.05, 0) is 32.1 Å². The lowest BCUT2D eigenvalue weighted by molar-refractivity contribution is 0.232. The van der Waals surface area contributed by atoms with Crippen molar-refractivity contribution in [2.24, 2.45) is 0 Å². The molecule has 1 rings (SSSR count). The molecule has 0 aliphatic rings. The van der Waals surface area contributed by atoms with E-state index in [9.17, 15) is 0 Å². The first-order chi connectivity index (χ1) is 6.26. The molecule has 0 saturated carbocycles. The molecule has 0 atom stereocenters. The van der Waals surface area contributed by atoms with Gasteiger partial charge in [0.2, 0.25) is 0 Å². The quantitative estimate of drug-likeness (QED) is 0.753. The second-order valence-electron chi connectivity index (χ2n) is 3.26. The Balaban J connectivity index is 2.44. The summed E-state index contributed by atoms with van der Waals surface area (Å²) >= 11 is 0. The summed E-state index contributed by atoms with van der Waals surface area (Å²) in [5, 5.41) is 8.78. The lowest BCUT2D eigenvalue weighted by Gasteiger charge is -2.12. The minimum atomic E-state index is -0.0164. The summed E-state index contributed by atoms with van der Waals surface area (Å²) in [5.74, 6) is 1.56. The van der Waals surface area contributed by atoms with E-state index in [0.29, 0.717) is 5.76 Å². The standard InChI is InChI=1S/C10H17NO2/c1-3-6-11(2)7-9-4-5-10(8-12)13-9/h4-5,12H,3,6-8H2,1-2H3. The zero-order valence-electron chi connectivity index (χ0n) is 8.29. The van der Waals surface area contributed by atoms with Crippen LogP contribution >= 0.6 is 0 Å². The lowest BCUT2D eigenvalue weighted by atomic mass is 10.4. The Kier molecular flexibility index (Phi) is 3.99. The maximum Gasteiger partial charge on any atom is 0.129 e. The molecule has 0 aromatic carbocycles. The van der Waals surface area contributed by atoms with Crippen LogP contribution in [0.4, 0.5) is 0 Å². The van der Waals surface area contributed by atoms with E-state index in [1.54, 1.807) is 0 Å². The van der Waals surface area contributed by atoms with E-state index < -0.39 is 0 Å². The molecule has 1 aromatic rings. The molecule has 0 spiro atoms. The molecule has 0 aliphatic carbocycles. The van der Waals surface area contributed by atoms with E-state index in [4.69, 9.17) is 9.52 Å². The predicted molar refractivity (Wildman–Crippen MR) is 51.3 cm³/mol. The van der Waals surface area contributed by atoms with Crippen molar-refractivity contribution in [3.63, 3.8) is 0 Å². The number of hydrogen-bond donors (Lipinski definition) is 1. The number of aliphatic hydroxyl groups is 1. The molecule has 0 amide bonds. The van der Waals surface area contributed by atoms with Gasteiger partial charge in [0.1, 0.15) is 18.1 Å². The van der Waals surface area contributed by atoms with Crippen molar-refractivity contribution >= 4 is 0 Å². The molecule has 1 aromatic heterocycles. The van der Waals surface area contributed by atoms with Crippen LogP contribution in [0.25, 0.3) is 0 Å². The normalized spacial score (nSPS) is 11.1. The summed E-state index contributed by atoms with van der Waals surface area (Å²) in [7, 11) is 2.06. The summed E-state index contributed by atoms with van der Waals surface area (Å²) in [6.45, 7) is 4.01. The van der Waals surface area contributed by atoms with Gasteiger partial charge in [0, 0.05) is 0 Å². The van der Waals surface area contributed by atoms with E-state index in [2.05, 4.69) is 18.9 Å². The first-order valence-electron chi connectivity index (χ1n) is 4.63. The number of nitrogens with zero attached hydrogens (tertiary/aromatic N) is 1. The highest BCUT2D eigenvalue weighted by Crippen LogP contribution is 2.09. The van der Waals surface area contributed by atoms with Crippen molar-refractivity contribution in [1.29, 1.82) is 0 Å². The van der Waals surface area contributed by atoms with Gasteiger partial charge in [0.15, 0.2) is 0 Å². The van der Waals surface area contributed by atoms with E-state index in [1.807, 2.05) is 12.1 Å². The third-order valence-electron chi connectivity index (χ3n) is 1.90. The van der Waals surface area contributed by atoms with Gasteiger partial charge in [-0.25, -0.2) is 0 Å². The second-order valence-corrected chi connectivity index (χ2v) is 3.26. The van der Waals surface area contributed by atoms with Crippen LogP contribution < -0.4 is 0 Å². The Bertz CT molecular complexity index is 245. The van der Waals surface area contributed by atoms with Crippen LogP contribution in [0.15, 0.2) is 16.5 Å². The Morgan fingerprint density at radius 1 is 1.38 bits per heavy atom. The first kappa shape index (κ1) is 10.3. The topological polar surface area (TPSA) is 36.6 Å². The van der Waals surface area contributed by atoms with Gasteiger partial charge in [-0.2, -0.15) is 0 Å². The Hall–Kier alpha value is -0.800. The highest BCUT2D eigenvalue weighted by Gasteiger charge is 2.03. The molecule has 74 valence electrons. The smallest absolute Gasteiger partial charge is 0.129 e. The van der Waals surface area contributed by atoms with Crippen LogP contribution in [0.2, 0.25) is 0 Å². The van der Waals surface area contributed by atoms with Crippen LogP contribution in [0.3, 0.4) is 0 Å². The van der Waals surface area contributed by atoms with Crippen LogP contribution in [-0.4, -0.2) is 23.6 Å². The first-order valence-corrected chi connectivity index (χ1v) is 4.63. The summed E-state index contributed by atoms with van der Waals surface area (Å²) in [6, 6.07) is 3.73. The fourth-order valence-corrected chi connectivity index (χ4v) is 1.32. The number of hydrogen-bond acceptors (Lipinski definition) is 3. The molecule has 3 nitrogen and oxygen atoms in total. The molecule has 0 saturated heterocycles.